The van der Waals surface area contributed by atoms with E-state index >= 15 is 0 Å². The summed E-state index contributed by atoms with van der Waals surface area (Å²) >= 11 is 0. The molecule has 0 saturated heterocycles. The number of carbonyl (C=O) groups is 1. The molecule has 4 heteroatoms. The molecule has 0 heterocycles. The fourth-order valence-electron chi connectivity index (χ4n) is 1.27. The minimum atomic E-state index is -2.39. The van der Waals surface area contributed by atoms with Gasteiger partial charge in [0, 0.05) is 6.42 Å². The zero-order valence-electron chi connectivity index (χ0n) is 7.90. The molecule has 0 spiro atoms. The Hall–Kier alpha value is -1.16. The highest BCUT2D eigenvalue weighted by Crippen LogP contribution is 2.07. The fraction of sp³-hybridized carbons (Fsp3) is 0.300. The number of thiol groups is 1. The van der Waals surface area contributed by atoms with E-state index in [0.717, 1.165) is 11.1 Å². The van der Waals surface area contributed by atoms with Crippen molar-refractivity contribution in [3.63, 3.8) is 0 Å². The van der Waals surface area contributed by atoms with Gasteiger partial charge in [0.1, 0.15) is 16.5 Å². The summed E-state index contributed by atoms with van der Waals surface area (Å²) < 4.78 is 20.9. The quantitative estimate of drug-likeness (QED) is 0.755. The molecule has 0 radical (unpaired) electrons. The van der Waals surface area contributed by atoms with Gasteiger partial charge in [0.2, 0.25) is 0 Å². The third kappa shape index (κ3) is 3.70. The lowest BCUT2D eigenvalue weighted by Crippen LogP contribution is -1.97. The van der Waals surface area contributed by atoms with Crippen LogP contribution in [0.1, 0.15) is 18.1 Å². The van der Waals surface area contributed by atoms with E-state index < -0.39 is 10.7 Å². The summed E-state index contributed by atoms with van der Waals surface area (Å²) in [4.78, 5) is 10.8. The fourth-order valence-corrected chi connectivity index (χ4v) is 1.77. The minimum absolute atomic E-state index is 0.0427. The van der Waals surface area contributed by atoms with E-state index in [0.29, 0.717) is 6.42 Å². The minimum Gasteiger partial charge on any atom is -0.300 e. The standard InChI is InChI=1S/C10H12O3S/c1-8(11)5-9-3-2-4-10(6-9)7-14(12)13/h2-4,6,14H,5,7H2,1H3. The first-order valence-corrected chi connectivity index (χ1v) is 5.63. The number of ketones is 1. The van der Waals surface area contributed by atoms with Crippen molar-refractivity contribution in [2.75, 3.05) is 0 Å². The molecule has 0 fully saturated rings. The largest absolute Gasteiger partial charge is 0.300 e. The topological polar surface area (TPSA) is 51.2 Å². The third-order valence-corrected chi connectivity index (χ3v) is 2.38. The Labute approximate surface area is 84.7 Å². The number of hydrogen-bond donors (Lipinski definition) is 1. The highest BCUT2D eigenvalue weighted by molar-refractivity contribution is 7.71. The van der Waals surface area contributed by atoms with E-state index in [1.807, 2.05) is 6.07 Å². The second kappa shape index (κ2) is 4.91. The number of rotatable bonds is 4. The lowest BCUT2D eigenvalue weighted by atomic mass is 10.1. The monoisotopic (exact) mass is 212 g/mol. The van der Waals surface area contributed by atoms with Gasteiger partial charge in [-0.25, -0.2) is 8.42 Å². The molecule has 0 aliphatic heterocycles. The molecule has 0 aromatic heterocycles. The van der Waals surface area contributed by atoms with Crippen LogP contribution in [0.5, 0.6) is 0 Å². The zero-order chi connectivity index (χ0) is 10.6. The van der Waals surface area contributed by atoms with Gasteiger partial charge in [-0.1, -0.05) is 24.3 Å². The molecule has 3 nitrogen and oxygen atoms in total. The van der Waals surface area contributed by atoms with Gasteiger partial charge < -0.3 is 0 Å². The second-order valence-corrected chi connectivity index (χ2v) is 4.17. The Bertz CT molecular complexity index is 400. The summed E-state index contributed by atoms with van der Waals surface area (Å²) in [5.74, 6) is 0.120. The summed E-state index contributed by atoms with van der Waals surface area (Å²) in [7, 11) is -2.39. The molecule has 1 aromatic carbocycles. The molecule has 1 aromatic rings. The molecule has 0 bridgehead atoms. The lowest BCUT2D eigenvalue weighted by Gasteiger charge is -2.00. The summed E-state index contributed by atoms with van der Waals surface area (Å²) in [6.07, 6.45) is 0.365. The van der Waals surface area contributed by atoms with Crippen molar-refractivity contribution in [2.24, 2.45) is 0 Å². The van der Waals surface area contributed by atoms with E-state index in [-0.39, 0.29) is 11.5 Å². The first-order valence-electron chi connectivity index (χ1n) is 4.27. The van der Waals surface area contributed by atoms with Crippen LogP contribution in [0.2, 0.25) is 0 Å². The van der Waals surface area contributed by atoms with Crippen LogP contribution in [-0.2, 0) is 27.7 Å². The van der Waals surface area contributed by atoms with Crippen LogP contribution in [0.25, 0.3) is 0 Å². The van der Waals surface area contributed by atoms with Gasteiger partial charge >= 0.3 is 0 Å². The van der Waals surface area contributed by atoms with Crippen molar-refractivity contribution < 1.29 is 13.2 Å². The van der Waals surface area contributed by atoms with Gasteiger partial charge in [-0.05, 0) is 18.1 Å². The molecular formula is C10H12O3S. The molecule has 14 heavy (non-hydrogen) atoms. The van der Waals surface area contributed by atoms with Crippen molar-refractivity contribution in [3.05, 3.63) is 35.4 Å². The molecule has 0 amide bonds. The number of Topliss-reactive ketones (excluding diaryl/α,β-unsaturated/α-hetero) is 1. The van der Waals surface area contributed by atoms with Crippen molar-refractivity contribution >= 4 is 16.5 Å². The van der Waals surface area contributed by atoms with E-state index in [1.165, 1.54) is 6.92 Å². The molecule has 1 rings (SSSR count). The van der Waals surface area contributed by atoms with Crippen LogP contribution >= 0.6 is 0 Å². The Morgan fingerprint density at radius 2 is 1.93 bits per heavy atom. The first kappa shape index (κ1) is 10.9. The summed E-state index contributed by atoms with van der Waals surface area (Å²) in [6, 6.07) is 7.09. The van der Waals surface area contributed by atoms with Crippen LogP contribution in [-0.4, -0.2) is 14.2 Å². The van der Waals surface area contributed by atoms with E-state index in [1.54, 1.807) is 18.2 Å². The zero-order valence-corrected chi connectivity index (χ0v) is 8.79. The van der Waals surface area contributed by atoms with Crippen LogP contribution < -0.4 is 0 Å². The molecule has 76 valence electrons. The van der Waals surface area contributed by atoms with Crippen molar-refractivity contribution in [1.82, 2.24) is 0 Å². The molecule has 0 aliphatic rings. The summed E-state index contributed by atoms with van der Waals surface area (Å²) in [5, 5.41) is 0. The van der Waals surface area contributed by atoms with Crippen LogP contribution in [0.3, 0.4) is 0 Å². The van der Waals surface area contributed by atoms with Crippen molar-refractivity contribution in [2.45, 2.75) is 19.1 Å². The first-order chi connectivity index (χ1) is 6.58. The lowest BCUT2D eigenvalue weighted by molar-refractivity contribution is -0.116. The third-order valence-electron chi connectivity index (χ3n) is 1.76. The highest BCUT2D eigenvalue weighted by Gasteiger charge is 1.99. The molecule has 0 saturated carbocycles. The van der Waals surface area contributed by atoms with Crippen LogP contribution in [0.15, 0.2) is 24.3 Å². The number of carbonyl (C=O) groups excluding carboxylic acids is 1. The van der Waals surface area contributed by atoms with Gasteiger partial charge in [0.25, 0.3) is 0 Å². The van der Waals surface area contributed by atoms with E-state index in [9.17, 15) is 13.2 Å². The Balaban J connectivity index is 2.83. The highest BCUT2D eigenvalue weighted by atomic mass is 32.2. The van der Waals surface area contributed by atoms with Crippen molar-refractivity contribution in [3.8, 4) is 0 Å². The Morgan fingerprint density at radius 1 is 1.29 bits per heavy atom. The Kier molecular flexibility index (Phi) is 3.83. The van der Waals surface area contributed by atoms with Gasteiger partial charge in [0.15, 0.2) is 0 Å². The van der Waals surface area contributed by atoms with E-state index in [4.69, 9.17) is 0 Å². The predicted molar refractivity (Wildman–Crippen MR) is 54.8 cm³/mol. The second-order valence-electron chi connectivity index (χ2n) is 3.19. The normalized spacial score (nSPS) is 10.4. The smallest absolute Gasteiger partial charge is 0.144 e. The molecule has 0 unspecified atom stereocenters. The molecular weight excluding hydrogens is 200 g/mol. The van der Waals surface area contributed by atoms with Gasteiger partial charge in [0.05, 0.1) is 5.75 Å². The maximum absolute atomic E-state index is 10.8. The van der Waals surface area contributed by atoms with Gasteiger partial charge in [-0.2, -0.15) is 0 Å². The van der Waals surface area contributed by atoms with Crippen LogP contribution in [0.4, 0.5) is 0 Å². The number of benzene rings is 1. The predicted octanol–water partition coefficient (Wildman–Crippen LogP) is 0.929. The average Bonchev–Trinajstić information content (AvgIpc) is 2.01. The molecule has 0 N–H and O–H groups in total. The summed E-state index contributed by atoms with van der Waals surface area (Å²) in [6.45, 7) is 1.51. The maximum atomic E-state index is 10.8. The van der Waals surface area contributed by atoms with Crippen molar-refractivity contribution in [1.29, 1.82) is 0 Å². The number of hydrogen-bond acceptors (Lipinski definition) is 3. The Morgan fingerprint density at radius 3 is 2.50 bits per heavy atom. The molecule has 0 aliphatic carbocycles. The van der Waals surface area contributed by atoms with Crippen LogP contribution in [0, 0.1) is 0 Å². The van der Waals surface area contributed by atoms with Gasteiger partial charge in [-0.15, -0.1) is 0 Å². The van der Waals surface area contributed by atoms with Gasteiger partial charge in [-0.3, -0.25) is 4.79 Å². The van der Waals surface area contributed by atoms with E-state index in [2.05, 4.69) is 0 Å². The summed E-state index contributed by atoms with van der Waals surface area (Å²) in [5.41, 5.74) is 1.60. The average molecular weight is 212 g/mol. The maximum Gasteiger partial charge on any atom is 0.144 e. The molecule has 0 atom stereocenters. The SMILES string of the molecule is CC(=O)Cc1cccc(C[SH](=O)=O)c1.